The van der Waals surface area contributed by atoms with Gasteiger partial charge in [0.05, 0.1) is 0 Å². The molecule has 24 heavy (non-hydrogen) atoms. The van der Waals surface area contributed by atoms with E-state index in [0.717, 1.165) is 12.1 Å². The molecule has 2 aromatic rings. The third-order valence-corrected chi connectivity index (χ3v) is 6.00. The molecule has 1 aliphatic rings. The van der Waals surface area contributed by atoms with Gasteiger partial charge in [0.25, 0.3) is 0 Å². The minimum Gasteiger partial charge on any atom is -0.366 e. The van der Waals surface area contributed by atoms with Crippen LogP contribution in [-0.2, 0) is 6.54 Å². The van der Waals surface area contributed by atoms with Crippen LogP contribution in [-0.4, -0.2) is 11.9 Å². The molecule has 1 saturated carbocycles. The molecule has 3 nitrogen and oxygen atoms in total. The van der Waals surface area contributed by atoms with Crippen molar-refractivity contribution in [2.75, 3.05) is 0 Å². The molecule has 0 radical (unpaired) electrons. The molecule has 0 aliphatic heterocycles. The van der Waals surface area contributed by atoms with E-state index in [1.54, 1.807) is 23.5 Å². The fraction of sp³-hybridized carbons (Fsp3) is 0.450. The number of thiophene rings is 1. The lowest BCUT2D eigenvalue weighted by atomic mass is 9.75. The molecule has 1 amide bonds. The van der Waals surface area contributed by atoms with Gasteiger partial charge in [0, 0.05) is 23.0 Å². The maximum Gasteiger partial charge on any atom is 0.248 e. The predicted octanol–water partition coefficient (Wildman–Crippen LogP) is 4.57. The van der Waals surface area contributed by atoms with Gasteiger partial charge in [-0.05, 0) is 65.8 Å². The van der Waals surface area contributed by atoms with Crippen LogP contribution in [0, 0.1) is 5.41 Å². The maximum atomic E-state index is 11.1. The molecule has 0 spiro atoms. The Morgan fingerprint density at radius 2 is 1.88 bits per heavy atom. The zero-order valence-electron chi connectivity index (χ0n) is 14.5. The molecule has 3 N–H and O–H groups in total. The highest BCUT2D eigenvalue weighted by molar-refractivity contribution is 7.10. The lowest BCUT2D eigenvalue weighted by molar-refractivity contribution is 0.100. The molecule has 0 unspecified atom stereocenters. The number of benzene rings is 1. The average molecular weight is 343 g/mol. The first-order chi connectivity index (χ1) is 11.4. The second-order valence-corrected chi connectivity index (χ2v) is 8.56. The Hall–Kier alpha value is -1.65. The lowest BCUT2D eigenvalue weighted by Gasteiger charge is -2.34. The van der Waals surface area contributed by atoms with Gasteiger partial charge in [-0.2, -0.15) is 0 Å². The number of amides is 1. The van der Waals surface area contributed by atoms with Gasteiger partial charge in [-0.3, -0.25) is 4.79 Å². The van der Waals surface area contributed by atoms with E-state index in [2.05, 4.69) is 30.6 Å². The highest BCUT2D eigenvalue weighted by Gasteiger charge is 2.26. The second-order valence-electron chi connectivity index (χ2n) is 7.56. The summed E-state index contributed by atoms with van der Waals surface area (Å²) in [6.45, 7) is 5.69. The largest absolute Gasteiger partial charge is 0.366 e. The highest BCUT2D eigenvalue weighted by Crippen LogP contribution is 2.35. The number of carbonyl (C=O) groups excluding carboxylic acids is 1. The van der Waals surface area contributed by atoms with Crippen molar-refractivity contribution in [3.05, 3.63) is 46.2 Å². The Kier molecular flexibility index (Phi) is 5.07. The van der Waals surface area contributed by atoms with E-state index in [9.17, 15) is 4.79 Å². The standard InChI is InChI=1S/C20H26N2OS/c1-20(2)9-7-17(8-10-20)22-12-18-11-16(13-24-18)14-3-5-15(6-4-14)19(21)23/h3-6,11,13,17,22H,7-10,12H2,1-2H3,(H2,21,23). The van der Waals surface area contributed by atoms with E-state index < -0.39 is 0 Å². The number of carbonyl (C=O) groups is 1. The molecule has 1 fully saturated rings. The van der Waals surface area contributed by atoms with Crippen LogP contribution in [0.5, 0.6) is 0 Å². The van der Waals surface area contributed by atoms with Crippen LogP contribution in [0.3, 0.4) is 0 Å². The summed E-state index contributed by atoms with van der Waals surface area (Å²) < 4.78 is 0. The van der Waals surface area contributed by atoms with Crippen molar-refractivity contribution in [2.24, 2.45) is 11.1 Å². The van der Waals surface area contributed by atoms with Gasteiger partial charge in [-0.25, -0.2) is 0 Å². The van der Waals surface area contributed by atoms with Crippen molar-refractivity contribution in [2.45, 2.75) is 52.1 Å². The SMILES string of the molecule is CC1(C)CCC(NCc2cc(-c3ccc(C(N)=O)cc3)cs2)CC1. The van der Waals surface area contributed by atoms with E-state index in [0.29, 0.717) is 17.0 Å². The van der Waals surface area contributed by atoms with Crippen LogP contribution in [0.25, 0.3) is 11.1 Å². The van der Waals surface area contributed by atoms with Gasteiger partial charge >= 0.3 is 0 Å². The zero-order valence-corrected chi connectivity index (χ0v) is 15.3. The van der Waals surface area contributed by atoms with Gasteiger partial charge in [-0.15, -0.1) is 11.3 Å². The topological polar surface area (TPSA) is 55.1 Å². The minimum absolute atomic E-state index is 0.382. The normalized spacial score (nSPS) is 17.8. The van der Waals surface area contributed by atoms with Gasteiger partial charge in [0.2, 0.25) is 5.91 Å². The summed E-state index contributed by atoms with van der Waals surface area (Å²) in [6, 6.07) is 10.4. The second kappa shape index (κ2) is 7.08. The van der Waals surface area contributed by atoms with Gasteiger partial charge in [0.15, 0.2) is 0 Å². The first-order valence-electron chi connectivity index (χ1n) is 8.64. The van der Waals surface area contributed by atoms with Gasteiger partial charge in [0.1, 0.15) is 0 Å². The molecule has 0 atom stereocenters. The van der Waals surface area contributed by atoms with Crippen LogP contribution < -0.4 is 11.1 Å². The molecule has 0 saturated heterocycles. The third kappa shape index (κ3) is 4.25. The van der Waals surface area contributed by atoms with Crippen LogP contribution >= 0.6 is 11.3 Å². The van der Waals surface area contributed by atoms with Crippen LogP contribution in [0.15, 0.2) is 35.7 Å². The first-order valence-corrected chi connectivity index (χ1v) is 9.52. The molecule has 128 valence electrons. The monoisotopic (exact) mass is 342 g/mol. The fourth-order valence-electron chi connectivity index (χ4n) is 3.30. The maximum absolute atomic E-state index is 11.1. The van der Waals surface area contributed by atoms with E-state index in [-0.39, 0.29) is 5.91 Å². The quantitative estimate of drug-likeness (QED) is 0.836. The van der Waals surface area contributed by atoms with E-state index in [4.69, 9.17) is 5.73 Å². The van der Waals surface area contributed by atoms with Crippen molar-refractivity contribution in [3.63, 3.8) is 0 Å². The molecular formula is C20H26N2OS. The predicted molar refractivity (Wildman–Crippen MR) is 101 cm³/mol. The molecule has 1 aliphatic carbocycles. The Morgan fingerprint density at radius 1 is 1.21 bits per heavy atom. The Balaban J connectivity index is 1.57. The summed E-state index contributed by atoms with van der Waals surface area (Å²) in [5.74, 6) is -0.382. The summed E-state index contributed by atoms with van der Waals surface area (Å²) in [7, 11) is 0. The Labute approximate surface area is 148 Å². The minimum atomic E-state index is -0.382. The molecule has 1 aromatic carbocycles. The molecule has 4 heteroatoms. The first kappa shape index (κ1) is 17.2. The van der Waals surface area contributed by atoms with Crippen molar-refractivity contribution < 1.29 is 4.79 Å². The van der Waals surface area contributed by atoms with Crippen molar-refractivity contribution in [1.29, 1.82) is 0 Å². The van der Waals surface area contributed by atoms with Crippen LogP contribution in [0.2, 0.25) is 0 Å². The summed E-state index contributed by atoms with van der Waals surface area (Å²) in [5, 5.41) is 5.89. The Morgan fingerprint density at radius 3 is 2.50 bits per heavy atom. The van der Waals surface area contributed by atoms with Crippen LogP contribution in [0.1, 0.15) is 54.8 Å². The number of primary amides is 1. The number of hydrogen-bond donors (Lipinski definition) is 2. The molecular weight excluding hydrogens is 316 g/mol. The summed E-state index contributed by atoms with van der Waals surface area (Å²) in [5.41, 5.74) is 8.69. The fourth-order valence-corrected chi connectivity index (χ4v) is 4.14. The zero-order chi connectivity index (χ0) is 17.2. The van der Waals surface area contributed by atoms with Gasteiger partial charge < -0.3 is 11.1 Å². The van der Waals surface area contributed by atoms with E-state index in [1.165, 1.54) is 36.1 Å². The van der Waals surface area contributed by atoms with E-state index >= 15 is 0 Å². The summed E-state index contributed by atoms with van der Waals surface area (Å²) in [6.07, 6.45) is 5.18. The molecule has 1 heterocycles. The van der Waals surface area contributed by atoms with Crippen LogP contribution in [0.4, 0.5) is 0 Å². The van der Waals surface area contributed by atoms with Crippen molar-refractivity contribution >= 4 is 17.2 Å². The summed E-state index contributed by atoms with van der Waals surface area (Å²) in [4.78, 5) is 12.5. The third-order valence-electron chi connectivity index (χ3n) is 5.06. The molecule has 0 bridgehead atoms. The number of rotatable bonds is 5. The Bertz CT molecular complexity index is 693. The summed E-state index contributed by atoms with van der Waals surface area (Å²) >= 11 is 1.79. The average Bonchev–Trinajstić information content (AvgIpc) is 3.03. The van der Waals surface area contributed by atoms with Gasteiger partial charge in [-0.1, -0.05) is 26.0 Å². The van der Waals surface area contributed by atoms with Crippen molar-refractivity contribution in [3.8, 4) is 11.1 Å². The van der Waals surface area contributed by atoms with E-state index in [1.807, 2.05) is 12.1 Å². The smallest absolute Gasteiger partial charge is 0.248 e. The number of nitrogens with one attached hydrogen (secondary N) is 1. The van der Waals surface area contributed by atoms with Crippen molar-refractivity contribution in [1.82, 2.24) is 5.32 Å². The molecule has 1 aromatic heterocycles. The highest BCUT2D eigenvalue weighted by atomic mass is 32.1. The molecule has 3 rings (SSSR count). The number of hydrogen-bond acceptors (Lipinski definition) is 3. The lowest BCUT2D eigenvalue weighted by Crippen LogP contribution is -2.34. The number of nitrogens with two attached hydrogens (primary N) is 1.